The Morgan fingerprint density at radius 1 is 1.32 bits per heavy atom. The first-order chi connectivity index (χ1) is 9.08. The zero-order chi connectivity index (χ0) is 13.8. The minimum Gasteiger partial charge on any atom is -0.343 e. The minimum absolute atomic E-state index is 0.0489. The summed E-state index contributed by atoms with van der Waals surface area (Å²) in [6.07, 6.45) is 5.58. The summed E-state index contributed by atoms with van der Waals surface area (Å²) in [7, 11) is 0. The number of likely N-dealkylation sites (tertiary alicyclic amines) is 1. The molecule has 2 rings (SSSR count). The van der Waals surface area contributed by atoms with Gasteiger partial charge >= 0.3 is 0 Å². The number of halogens is 1. The number of hydrogen-bond donors (Lipinski definition) is 0. The summed E-state index contributed by atoms with van der Waals surface area (Å²) in [6, 6.07) is 1.59. The lowest BCUT2D eigenvalue weighted by Gasteiger charge is -2.26. The Balaban J connectivity index is 1.96. The standard InChI is InChI=1S/C14H19BrN2O2/c1-11-9-14(19)17(10-12(11)15)8-5-13(18)16-6-3-2-4-7-16/h9-10H,2-8H2,1H3. The molecule has 19 heavy (non-hydrogen) atoms. The molecule has 5 heteroatoms. The van der Waals surface area contributed by atoms with Crippen LogP contribution in [0.4, 0.5) is 0 Å². The van der Waals surface area contributed by atoms with E-state index in [0.717, 1.165) is 36.0 Å². The van der Waals surface area contributed by atoms with Crippen molar-refractivity contribution in [1.29, 1.82) is 0 Å². The van der Waals surface area contributed by atoms with E-state index in [4.69, 9.17) is 0 Å². The van der Waals surface area contributed by atoms with Crippen LogP contribution in [0, 0.1) is 6.92 Å². The number of carbonyl (C=O) groups excluding carboxylic acids is 1. The Bertz CT molecular complexity index is 519. The first-order valence-electron chi connectivity index (χ1n) is 6.72. The molecule has 1 saturated heterocycles. The molecule has 1 aliphatic heterocycles. The number of hydrogen-bond acceptors (Lipinski definition) is 2. The molecular formula is C14H19BrN2O2. The number of amides is 1. The number of pyridine rings is 1. The van der Waals surface area contributed by atoms with Gasteiger partial charge in [0.25, 0.3) is 5.56 Å². The number of carbonyl (C=O) groups is 1. The molecule has 104 valence electrons. The predicted molar refractivity (Wildman–Crippen MR) is 78.2 cm³/mol. The highest BCUT2D eigenvalue weighted by atomic mass is 79.9. The summed E-state index contributed by atoms with van der Waals surface area (Å²) in [5.74, 6) is 0.156. The van der Waals surface area contributed by atoms with Gasteiger partial charge in [0.2, 0.25) is 5.91 Å². The van der Waals surface area contributed by atoms with E-state index in [1.807, 2.05) is 11.8 Å². The summed E-state index contributed by atoms with van der Waals surface area (Å²) in [4.78, 5) is 25.7. The summed E-state index contributed by atoms with van der Waals surface area (Å²) >= 11 is 3.41. The fourth-order valence-corrected chi connectivity index (χ4v) is 2.69. The quantitative estimate of drug-likeness (QED) is 0.855. The van der Waals surface area contributed by atoms with E-state index in [1.165, 1.54) is 6.42 Å². The van der Waals surface area contributed by atoms with Crippen molar-refractivity contribution in [3.05, 3.63) is 32.7 Å². The maximum absolute atomic E-state index is 12.0. The maximum atomic E-state index is 12.0. The van der Waals surface area contributed by atoms with E-state index < -0.39 is 0 Å². The highest BCUT2D eigenvalue weighted by Crippen LogP contribution is 2.13. The van der Waals surface area contributed by atoms with Gasteiger partial charge in [-0.3, -0.25) is 9.59 Å². The zero-order valence-electron chi connectivity index (χ0n) is 11.2. The molecule has 0 radical (unpaired) electrons. The summed E-state index contributed by atoms with van der Waals surface area (Å²) < 4.78 is 2.50. The van der Waals surface area contributed by atoms with E-state index in [9.17, 15) is 9.59 Å². The molecule has 0 unspecified atom stereocenters. The van der Waals surface area contributed by atoms with Gasteiger partial charge in [0, 0.05) is 42.8 Å². The second-order valence-corrected chi connectivity index (χ2v) is 5.88. The van der Waals surface area contributed by atoms with Gasteiger partial charge in [0.05, 0.1) is 0 Å². The van der Waals surface area contributed by atoms with E-state index in [2.05, 4.69) is 15.9 Å². The molecule has 2 heterocycles. The fourth-order valence-electron chi connectivity index (χ4n) is 2.33. The van der Waals surface area contributed by atoms with E-state index in [1.54, 1.807) is 16.8 Å². The van der Waals surface area contributed by atoms with E-state index in [0.29, 0.717) is 13.0 Å². The third kappa shape index (κ3) is 3.69. The van der Waals surface area contributed by atoms with Crippen LogP contribution < -0.4 is 5.56 Å². The largest absolute Gasteiger partial charge is 0.343 e. The summed E-state index contributed by atoms with van der Waals surface area (Å²) in [5.41, 5.74) is 0.871. The zero-order valence-corrected chi connectivity index (χ0v) is 12.8. The normalized spacial score (nSPS) is 15.6. The molecule has 0 bridgehead atoms. The Kier molecular flexibility index (Phi) is 4.80. The van der Waals surface area contributed by atoms with Crippen LogP contribution in [0.5, 0.6) is 0 Å². The monoisotopic (exact) mass is 326 g/mol. The van der Waals surface area contributed by atoms with Gasteiger partial charge in [-0.25, -0.2) is 0 Å². The molecule has 1 amide bonds. The molecule has 0 spiro atoms. The first-order valence-corrected chi connectivity index (χ1v) is 7.51. The topological polar surface area (TPSA) is 42.3 Å². The van der Waals surface area contributed by atoms with E-state index >= 15 is 0 Å². The van der Waals surface area contributed by atoms with Crippen molar-refractivity contribution < 1.29 is 4.79 Å². The predicted octanol–water partition coefficient (Wildman–Crippen LogP) is 2.32. The van der Waals surface area contributed by atoms with Crippen molar-refractivity contribution in [2.75, 3.05) is 13.1 Å². The smallest absolute Gasteiger partial charge is 0.250 e. The molecule has 0 saturated carbocycles. The van der Waals surface area contributed by atoms with Gasteiger partial charge in [0.15, 0.2) is 0 Å². The molecule has 1 aromatic heterocycles. The van der Waals surface area contributed by atoms with Crippen LogP contribution >= 0.6 is 15.9 Å². The second kappa shape index (κ2) is 6.37. The average molecular weight is 327 g/mol. The number of aryl methyl sites for hydroxylation is 2. The van der Waals surface area contributed by atoms with Crippen molar-refractivity contribution in [3.8, 4) is 0 Å². The molecule has 1 fully saturated rings. The molecule has 0 N–H and O–H groups in total. The van der Waals surface area contributed by atoms with Crippen molar-refractivity contribution >= 4 is 21.8 Å². The summed E-state index contributed by atoms with van der Waals surface area (Å²) in [6.45, 7) is 4.07. The third-order valence-electron chi connectivity index (χ3n) is 3.54. The Hall–Kier alpha value is -1.10. The van der Waals surface area contributed by atoms with Crippen LogP contribution in [0.25, 0.3) is 0 Å². The molecule has 4 nitrogen and oxygen atoms in total. The first kappa shape index (κ1) is 14.3. The van der Waals surface area contributed by atoms with Crippen molar-refractivity contribution in [2.45, 2.75) is 39.2 Å². The van der Waals surface area contributed by atoms with Crippen molar-refractivity contribution in [3.63, 3.8) is 0 Å². The van der Waals surface area contributed by atoms with Gasteiger partial charge in [-0.1, -0.05) is 0 Å². The van der Waals surface area contributed by atoms with Crippen LogP contribution in [-0.2, 0) is 11.3 Å². The lowest BCUT2D eigenvalue weighted by Crippen LogP contribution is -2.36. The molecule has 1 aromatic rings. The number of piperidine rings is 1. The van der Waals surface area contributed by atoms with Gasteiger partial charge < -0.3 is 9.47 Å². The number of rotatable bonds is 3. The summed E-state index contributed by atoms with van der Waals surface area (Å²) in [5, 5.41) is 0. The van der Waals surface area contributed by atoms with Crippen LogP contribution in [0.15, 0.2) is 21.5 Å². The maximum Gasteiger partial charge on any atom is 0.250 e. The van der Waals surface area contributed by atoms with Gasteiger partial charge in [0.1, 0.15) is 0 Å². The van der Waals surface area contributed by atoms with E-state index in [-0.39, 0.29) is 11.5 Å². The third-order valence-corrected chi connectivity index (χ3v) is 4.37. The van der Waals surface area contributed by atoms with Crippen LogP contribution in [0.2, 0.25) is 0 Å². The second-order valence-electron chi connectivity index (χ2n) is 5.03. The van der Waals surface area contributed by atoms with Gasteiger partial charge in [-0.2, -0.15) is 0 Å². The molecule has 0 aliphatic carbocycles. The lowest BCUT2D eigenvalue weighted by molar-refractivity contribution is -0.132. The Morgan fingerprint density at radius 3 is 2.68 bits per heavy atom. The van der Waals surface area contributed by atoms with Gasteiger partial charge in [-0.15, -0.1) is 0 Å². The lowest BCUT2D eigenvalue weighted by atomic mass is 10.1. The van der Waals surface area contributed by atoms with Crippen molar-refractivity contribution in [2.24, 2.45) is 0 Å². The van der Waals surface area contributed by atoms with Crippen LogP contribution in [0.3, 0.4) is 0 Å². The Morgan fingerprint density at radius 2 is 2.00 bits per heavy atom. The number of aromatic nitrogens is 1. The highest BCUT2D eigenvalue weighted by Gasteiger charge is 2.16. The van der Waals surface area contributed by atoms with Crippen LogP contribution in [-0.4, -0.2) is 28.5 Å². The number of nitrogens with zero attached hydrogens (tertiary/aromatic N) is 2. The molecule has 1 aliphatic rings. The molecular weight excluding hydrogens is 308 g/mol. The minimum atomic E-state index is -0.0489. The van der Waals surface area contributed by atoms with Crippen molar-refractivity contribution in [1.82, 2.24) is 9.47 Å². The Labute approximate surface area is 121 Å². The SMILES string of the molecule is Cc1cc(=O)n(CCC(=O)N2CCCCC2)cc1Br. The fraction of sp³-hybridized carbons (Fsp3) is 0.571. The van der Waals surface area contributed by atoms with Crippen LogP contribution in [0.1, 0.15) is 31.2 Å². The average Bonchev–Trinajstić information content (AvgIpc) is 2.42. The molecule has 0 atom stereocenters. The molecule has 0 aromatic carbocycles. The highest BCUT2D eigenvalue weighted by molar-refractivity contribution is 9.10. The van der Waals surface area contributed by atoms with Gasteiger partial charge in [-0.05, 0) is 47.7 Å².